The highest BCUT2D eigenvalue weighted by atomic mass is 16.5. The number of nitrogens with one attached hydrogen (secondary N) is 2. The quantitative estimate of drug-likeness (QED) is 0.123. The Morgan fingerprint density at radius 1 is 0.768 bits per heavy atom. The molecule has 2 amide bonds. The van der Waals surface area contributed by atoms with Crippen molar-refractivity contribution in [2.75, 3.05) is 31.4 Å². The van der Waals surface area contributed by atoms with Gasteiger partial charge in [-0.15, -0.1) is 0 Å². The van der Waals surface area contributed by atoms with Crippen molar-refractivity contribution in [1.82, 2.24) is 19.7 Å². The van der Waals surface area contributed by atoms with Gasteiger partial charge in [0.15, 0.2) is 22.7 Å². The number of carbonyl (C=O) groups is 2. The Morgan fingerprint density at radius 3 is 2.29 bits per heavy atom. The van der Waals surface area contributed by atoms with E-state index in [9.17, 15) is 14.4 Å². The van der Waals surface area contributed by atoms with E-state index in [1.54, 1.807) is 18.2 Å². The zero-order chi connectivity index (χ0) is 39.3. The van der Waals surface area contributed by atoms with Gasteiger partial charge in [0.2, 0.25) is 0 Å². The van der Waals surface area contributed by atoms with Gasteiger partial charge >= 0.3 is 0 Å². The van der Waals surface area contributed by atoms with E-state index in [1.165, 1.54) is 31.9 Å². The number of amides is 2. The van der Waals surface area contributed by atoms with Gasteiger partial charge in [-0.25, -0.2) is 0 Å². The third-order valence-electron chi connectivity index (χ3n) is 9.61. The van der Waals surface area contributed by atoms with Crippen LogP contribution in [0.2, 0.25) is 0 Å². The Kier molecular flexibility index (Phi) is 10.9. The highest BCUT2D eigenvalue weighted by Crippen LogP contribution is 2.34. The van der Waals surface area contributed by atoms with Crippen molar-refractivity contribution in [2.45, 2.75) is 33.4 Å². The molecule has 0 radical (unpaired) electrons. The average Bonchev–Trinajstić information content (AvgIpc) is 3.56. The second-order valence-corrected chi connectivity index (χ2v) is 13.8. The molecule has 56 heavy (non-hydrogen) atoms. The van der Waals surface area contributed by atoms with Crippen molar-refractivity contribution in [3.8, 4) is 11.5 Å². The first kappa shape index (κ1) is 37.5. The molecule has 4 aromatic carbocycles. The molecule has 3 aromatic heterocycles. The SMILES string of the molecule is COc1cc(NC(=O)c2cc(=O)c3cc(C)ccc3o2)c(C(=O)Nc2ccc(CCN(Cc3cncc(C)c3)Cc3ccc4c(cnn4C)c3)cc2)cc1OC. The highest BCUT2D eigenvalue weighted by molar-refractivity contribution is 6.12. The van der Waals surface area contributed by atoms with Crippen LogP contribution in [0.25, 0.3) is 21.9 Å². The summed E-state index contributed by atoms with van der Waals surface area (Å²) in [4.78, 5) is 46.8. The van der Waals surface area contributed by atoms with Crippen molar-refractivity contribution in [3.63, 3.8) is 0 Å². The Bertz CT molecular complexity index is 2630. The number of carbonyl (C=O) groups excluding carboxylic acids is 2. The normalized spacial score (nSPS) is 11.2. The number of benzene rings is 4. The lowest BCUT2D eigenvalue weighted by Gasteiger charge is -2.23. The Morgan fingerprint density at radius 2 is 1.52 bits per heavy atom. The summed E-state index contributed by atoms with van der Waals surface area (Å²) >= 11 is 0. The third-order valence-corrected chi connectivity index (χ3v) is 9.61. The fourth-order valence-corrected chi connectivity index (χ4v) is 6.72. The van der Waals surface area contributed by atoms with Crippen molar-refractivity contribution in [1.29, 1.82) is 0 Å². The number of ether oxygens (including phenoxy) is 2. The fraction of sp³-hybridized carbons (Fsp3) is 0.205. The molecule has 12 heteroatoms. The topological polar surface area (TPSA) is 141 Å². The Balaban J connectivity index is 1.06. The molecule has 0 fully saturated rings. The lowest BCUT2D eigenvalue weighted by Crippen LogP contribution is -2.25. The van der Waals surface area contributed by atoms with Crippen LogP contribution in [0.3, 0.4) is 0 Å². The molecule has 0 aliphatic heterocycles. The van der Waals surface area contributed by atoms with Crippen LogP contribution in [0.4, 0.5) is 11.4 Å². The summed E-state index contributed by atoms with van der Waals surface area (Å²) in [5, 5.41) is 11.5. The number of methoxy groups -OCH3 is 2. The summed E-state index contributed by atoms with van der Waals surface area (Å²) in [7, 11) is 4.86. The van der Waals surface area contributed by atoms with Gasteiger partial charge in [-0.05, 0) is 85.0 Å². The molecule has 0 bridgehead atoms. The molecule has 0 saturated carbocycles. The number of aryl methyl sites for hydroxylation is 3. The summed E-state index contributed by atoms with van der Waals surface area (Å²) in [6.45, 7) is 6.20. The molecule has 0 saturated heterocycles. The van der Waals surface area contributed by atoms with E-state index in [0.717, 1.165) is 65.3 Å². The third kappa shape index (κ3) is 8.45. The minimum atomic E-state index is -0.708. The van der Waals surface area contributed by atoms with Gasteiger partial charge in [0, 0.05) is 62.3 Å². The number of nitrogens with zero attached hydrogens (tertiary/aromatic N) is 4. The molecule has 3 heterocycles. The predicted molar refractivity (Wildman–Crippen MR) is 217 cm³/mol. The van der Waals surface area contributed by atoms with E-state index in [1.807, 2.05) is 68.4 Å². The molecule has 0 aliphatic carbocycles. The molecule has 2 N–H and O–H groups in total. The maximum absolute atomic E-state index is 13.8. The zero-order valence-corrected chi connectivity index (χ0v) is 31.9. The summed E-state index contributed by atoms with van der Waals surface area (Å²) in [5.41, 5.74) is 7.29. The molecule has 284 valence electrons. The van der Waals surface area contributed by atoms with E-state index in [-0.39, 0.29) is 28.0 Å². The van der Waals surface area contributed by atoms with Crippen LogP contribution in [-0.2, 0) is 26.6 Å². The monoisotopic (exact) mass is 750 g/mol. The summed E-state index contributed by atoms with van der Waals surface area (Å²) < 4.78 is 18.6. The van der Waals surface area contributed by atoms with Gasteiger partial charge in [0.25, 0.3) is 11.8 Å². The van der Waals surface area contributed by atoms with Crippen LogP contribution in [0.5, 0.6) is 11.5 Å². The molecule has 7 rings (SSSR count). The lowest BCUT2D eigenvalue weighted by atomic mass is 10.1. The number of rotatable bonds is 13. The number of fused-ring (bicyclic) bond motifs is 2. The zero-order valence-electron chi connectivity index (χ0n) is 31.9. The van der Waals surface area contributed by atoms with Crippen molar-refractivity contribution >= 4 is 45.1 Å². The average molecular weight is 751 g/mol. The molecule has 7 aromatic rings. The molecular weight excluding hydrogens is 709 g/mol. The van der Waals surface area contributed by atoms with Gasteiger partial charge < -0.3 is 24.5 Å². The van der Waals surface area contributed by atoms with E-state index < -0.39 is 11.8 Å². The fourth-order valence-electron chi connectivity index (χ4n) is 6.72. The standard InChI is InChI=1S/C44H42N6O6/c1-27-6-13-39-35(17-27)38(51)21-42(56-39)44(53)48-36-20-41(55-5)40(54-4)19-34(36)43(52)47-33-10-7-29(8-11-33)14-15-50(26-31-16-28(2)22-45-23-31)25-30-9-12-37-32(18-30)24-46-49(37)3/h6-13,16-24H,14-15,25-26H2,1-5H3,(H,47,52)(H,48,53). The summed E-state index contributed by atoms with van der Waals surface area (Å²) in [6, 6.07) is 25.6. The van der Waals surface area contributed by atoms with Crippen molar-refractivity contribution in [2.24, 2.45) is 7.05 Å². The first-order valence-corrected chi connectivity index (χ1v) is 18.1. The molecule has 0 atom stereocenters. The van der Waals surface area contributed by atoms with Crippen LogP contribution < -0.4 is 25.5 Å². The van der Waals surface area contributed by atoms with Crippen molar-refractivity contribution in [3.05, 3.63) is 153 Å². The number of hydrogen-bond donors (Lipinski definition) is 2. The summed E-state index contributed by atoms with van der Waals surface area (Å²) in [5.74, 6) is -0.810. The molecule has 0 unspecified atom stereocenters. The van der Waals surface area contributed by atoms with Gasteiger partial charge in [0.05, 0.1) is 42.6 Å². The van der Waals surface area contributed by atoms with Crippen LogP contribution in [-0.4, -0.2) is 52.2 Å². The van der Waals surface area contributed by atoms with Crippen LogP contribution in [0.15, 0.2) is 113 Å². The molecule has 0 aliphatic rings. The van der Waals surface area contributed by atoms with E-state index in [2.05, 4.69) is 49.9 Å². The highest BCUT2D eigenvalue weighted by Gasteiger charge is 2.21. The lowest BCUT2D eigenvalue weighted by molar-refractivity contribution is 0.0997. The number of hydrogen-bond acceptors (Lipinski definition) is 9. The maximum Gasteiger partial charge on any atom is 0.291 e. The molecule has 0 spiro atoms. The maximum atomic E-state index is 13.8. The van der Waals surface area contributed by atoms with Gasteiger partial charge in [-0.2, -0.15) is 5.10 Å². The van der Waals surface area contributed by atoms with Crippen LogP contribution in [0, 0.1) is 13.8 Å². The van der Waals surface area contributed by atoms with Crippen LogP contribution >= 0.6 is 0 Å². The van der Waals surface area contributed by atoms with E-state index in [0.29, 0.717) is 22.6 Å². The van der Waals surface area contributed by atoms with Gasteiger partial charge in [0.1, 0.15) is 5.58 Å². The van der Waals surface area contributed by atoms with E-state index in [4.69, 9.17) is 13.9 Å². The Hall–Kier alpha value is -6.79. The largest absolute Gasteiger partial charge is 0.493 e. The first-order valence-electron chi connectivity index (χ1n) is 18.1. The smallest absolute Gasteiger partial charge is 0.291 e. The van der Waals surface area contributed by atoms with Crippen LogP contribution in [0.1, 0.15) is 48.7 Å². The first-order chi connectivity index (χ1) is 27.1. The Labute approximate surface area is 323 Å². The second-order valence-electron chi connectivity index (χ2n) is 13.8. The predicted octanol–water partition coefficient (Wildman–Crippen LogP) is 7.46. The number of anilines is 2. The minimum absolute atomic E-state index is 0.115. The van der Waals surface area contributed by atoms with Crippen molar-refractivity contribution < 1.29 is 23.5 Å². The van der Waals surface area contributed by atoms with Gasteiger partial charge in [-0.3, -0.25) is 28.9 Å². The summed E-state index contributed by atoms with van der Waals surface area (Å²) in [6.07, 6.45) is 6.45. The number of aromatic nitrogens is 3. The van der Waals surface area contributed by atoms with Gasteiger partial charge in [-0.1, -0.05) is 35.9 Å². The number of pyridine rings is 1. The molecule has 12 nitrogen and oxygen atoms in total. The second kappa shape index (κ2) is 16.3. The minimum Gasteiger partial charge on any atom is -0.493 e. The van der Waals surface area contributed by atoms with E-state index >= 15 is 0 Å². The molecular formula is C44H42N6O6.